The van der Waals surface area contributed by atoms with E-state index in [9.17, 15) is 4.79 Å². The molecule has 3 unspecified atom stereocenters. The Hall–Kier alpha value is -1.12. The normalized spacial score (nSPS) is 32.9. The maximum Gasteiger partial charge on any atom is 0.239 e. The lowest BCUT2D eigenvalue weighted by molar-refractivity contribution is -0.140. The number of nitrogens with zero attached hydrogens (tertiary/aromatic N) is 2. The number of hydrogen-bond acceptors (Lipinski definition) is 4. The number of nitrogens with one attached hydrogen (secondary N) is 1. The molecule has 5 nitrogen and oxygen atoms in total. The number of piperidine rings is 1. The first-order valence-electron chi connectivity index (χ1n) is 6.78. The first-order valence-corrected chi connectivity index (χ1v) is 6.78. The molecule has 0 aromatic rings. The van der Waals surface area contributed by atoms with Crippen LogP contribution in [0.5, 0.6) is 0 Å². The quantitative estimate of drug-likeness (QED) is 0.777. The summed E-state index contributed by atoms with van der Waals surface area (Å²) in [4.78, 5) is 14.1. The number of carbonyl (C=O) groups excluding carboxylic acids is 1. The largest absolute Gasteiger partial charge is 0.360 e. The number of ether oxygens (including phenoxy) is 1. The maximum atomic E-state index is 12.4. The zero-order valence-electron chi connectivity index (χ0n) is 10.9. The average molecular weight is 251 g/mol. The molecule has 0 aliphatic carbocycles. The molecule has 1 amide bonds. The molecule has 5 heteroatoms. The lowest BCUT2D eigenvalue weighted by atomic mass is 9.90. The highest BCUT2D eigenvalue weighted by Gasteiger charge is 2.32. The van der Waals surface area contributed by atoms with Crippen LogP contribution in [0.15, 0.2) is 0 Å². The lowest BCUT2D eigenvalue weighted by Gasteiger charge is -2.36. The molecule has 0 aromatic carbocycles. The molecule has 2 fully saturated rings. The van der Waals surface area contributed by atoms with E-state index in [-0.39, 0.29) is 11.9 Å². The van der Waals surface area contributed by atoms with Crippen molar-refractivity contribution in [1.82, 2.24) is 10.2 Å². The van der Waals surface area contributed by atoms with Gasteiger partial charge >= 0.3 is 0 Å². The topological polar surface area (TPSA) is 65.4 Å². The van der Waals surface area contributed by atoms with Gasteiger partial charge in [-0.05, 0) is 25.3 Å². The summed E-state index contributed by atoms with van der Waals surface area (Å²) >= 11 is 0. The Morgan fingerprint density at radius 1 is 1.61 bits per heavy atom. The molecule has 2 saturated heterocycles. The van der Waals surface area contributed by atoms with Gasteiger partial charge in [-0.3, -0.25) is 4.79 Å². The molecule has 3 atom stereocenters. The Morgan fingerprint density at radius 2 is 2.44 bits per heavy atom. The monoisotopic (exact) mass is 251 g/mol. The molecule has 2 rings (SSSR count). The van der Waals surface area contributed by atoms with Crippen molar-refractivity contribution < 1.29 is 9.53 Å². The molecule has 2 aliphatic rings. The fourth-order valence-corrected chi connectivity index (χ4v) is 2.70. The Balaban J connectivity index is 1.92. The van der Waals surface area contributed by atoms with E-state index in [1.54, 1.807) is 4.90 Å². The first kappa shape index (κ1) is 13.3. The van der Waals surface area contributed by atoms with Gasteiger partial charge in [0.1, 0.15) is 0 Å². The SMILES string of the molecule is CCC1CCNC(C(=O)N2CCOC(C#N)C2)C1. The Bertz CT molecular complexity index is 340. The minimum Gasteiger partial charge on any atom is -0.360 e. The van der Waals surface area contributed by atoms with Gasteiger partial charge < -0.3 is 15.0 Å². The smallest absolute Gasteiger partial charge is 0.239 e. The summed E-state index contributed by atoms with van der Waals surface area (Å²) < 4.78 is 5.26. The van der Waals surface area contributed by atoms with E-state index < -0.39 is 6.10 Å². The van der Waals surface area contributed by atoms with Crippen molar-refractivity contribution in [3.8, 4) is 6.07 Å². The number of morpholine rings is 1. The van der Waals surface area contributed by atoms with Crippen molar-refractivity contribution in [2.24, 2.45) is 5.92 Å². The molecule has 2 heterocycles. The van der Waals surface area contributed by atoms with E-state index in [2.05, 4.69) is 18.3 Å². The highest BCUT2D eigenvalue weighted by Crippen LogP contribution is 2.21. The van der Waals surface area contributed by atoms with Crippen molar-refractivity contribution >= 4 is 5.91 Å². The van der Waals surface area contributed by atoms with Gasteiger partial charge in [0, 0.05) is 6.54 Å². The van der Waals surface area contributed by atoms with Crippen LogP contribution in [0.4, 0.5) is 0 Å². The summed E-state index contributed by atoms with van der Waals surface area (Å²) in [6.45, 7) is 4.57. The third kappa shape index (κ3) is 3.01. The number of nitriles is 1. The minimum atomic E-state index is -0.465. The van der Waals surface area contributed by atoms with Gasteiger partial charge in [-0.15, -0.1) is 0 Å². The molecule has 0 aromatic heterocycles. The molecular weight excluding hydrogens is 230 g/mol. The number of hydrogen-bond donors (Lipinski definition) is 1. The van der Waals surface area contributed by atoms with Crippen molar-refractivity contribution in [2.45, 2.75) is 38.3 Å². The van der Waals surface area contributed by atoms with Crippen molar-refractivity contribution in [1.29, 1.82) is 5.26 Å². The van der Waals surface area contributed by atoms with Gasteiger partial charge in [0.25, 0.3) is 0 Å². The van der Waals surface area contributed by atoms with Crippen molar-refractivity contribution in [2.75, 3.05) is 26.2 Å². The minimum absolute atomic E-state index is 0.0684. The Kier molecular flexibility index (Phi) is 4.56. The molecule has 0 radical (unpaired) electrons. The highest BCUT2D eigenvalue weighted by atomic mass is 16.5. The van der Waals surface area contributed by atoms with Gasteiger partial charge in [-0.2, -0.15) is 5.26 Å². The summed E-state index contributed by atoms with van der Waals surface area (Å²) in [6.07, 6.45) is 2.75. The van der Waals surface area contributed by atoms with Crippen LogP contribution in [-0.4, -0.2) is 49.2 Å². The van der Waals surface area contributed by atoms with Crippen molar-refractivity contribution in [3.63, 3.8) is 0 Å². The second-order valence-corrected chi connectivity index (χ2v) is 5.08. The molecule has 0 bridgehead atoms. The third-order valence-corrected chi connectivity index (χ3v) is 3.91. The fraction of sp³-hybridized carbons (Fsp3) is 0.846. The van der Waals surface area contributed by atoms with E-state index in [4.69, 9.17) is 10.00 Å². The van der Waals surface area contributed by atoms with E-state index in [1.807, 2.05) is 0 Å². The molecule has 0 spiro atoms. The second kappa shape index (κ2) is 6.17. The maximum absolute atomic E-state index is 12.4. The predicted octanol–water partition coefficient (Wildman–Crippen LogP) is 0.516. The van der Waals surface area contributed by atoms with E-state index in [0.29, 0.717) is 25.6 Å². The Morgan fingerprint density at radius 3 is 3.17 bits per heavy atom. The Labute approximate surface area is 108 Å². The van der Waals surface area contributed by atoms with E-state index in [0.717, 1.165) is 25.8 Å². The van der Waals surface area contributed by atoms with Crippen LogP contribution in [0.2, 0.25) is 0 Å². The van der Waals surface area contributed by atoms with Crippen LogP contribution in [0, 0.1) is 17.2 Å². The van der Waals surface area contributed by atoms with Crippen LogP contribution in [0.3, 0.4) is 0 Å². The number of carbonyl (C=O) groups is 1. The summed E-state index contributed by atoms with van der Waals surface area (Å²) in [6, 6.07) is 2.01. The lowest BCUT2D eigenvalue weighted by Crippen LogP contribution is -2.54. The van der Waals surface area contributed by atoms with Crippen LogP contribution < -0.4 is 5.32 Å². The van der Waals surface area contributed by atoms with Gasteiger partial charge in [0.15, 0.2) is 6.10 Å². The van der Waals surface area contributed by atoms with Crippen molar-refractivity contribution in [3.05, 3.63) is 0 Å². The summed E-state index contributed by atoms with van der Waals surface area (Å²) in [5.74, 6) is 0.782. The fourth-order valence-electron chi connectivity index (χ4n) is 2.70. The molecule has 100 valence electrons. The molecular formula is C13H21N3O2. The summed E-state index contributed by atoms with van der Waals surface area (Å²) in [7, 11) is 0. The van der Waals surface area contributed by atoms with Gasteiger partial charge in [-0.1, -0.05) is 13.3 Å². The molecule has 0 saturated carbocycles. The number of amides is 1. The van der Waals surface area contributed by atoms with Gasteiger partial charge in [0.2, 0.25) is 5.91 Å². The van der Waals surface area contributed by atoms with Gasteiger partial charge in [0.05, 0.1) is 25.3 Å². The molecule has 2 aliphatic heterocycles. The van der Waals surface area contributed by atoms with Gasteiger partial charge in [-0.25, -0.2) is 0 Å². The zero-order chi connectivity index (χ0) is 13.0. The average Bonchev–Trinajstić information content (AvgIpc) is 2.46. The van der Waals surface area contributed by atoms with Crippen LogP contribution in [-0.2, 0) is 9.53 Å². The highest BCUT2D eigenvalue weighted by molar-refractivity contribution is 5.82. The first-order chi connectivity index (χ1) is 8.74. The zero-order valence-corrected chi connectivity index (χ0v) is 10.9. The standard InChI is InChI=1S/C13H21N3O2/c1-2-10-3-4-15-12(7-10)13(17)16-5-6-18-11(8-14)9-16/h10-12,15H,2-7,9H2,1H3. The van der Waals surface area contributed by atoms with E-state index in [1.165, 1.54) is 0 Å². The number of rotatable bonds is 2. The van der Waals surface area contributed by atoms with Crippen LogP contribution >= 0.6 is 0 Å². The second-order valence-electron chi connectivity index (χ2n) is 5.08. The molecule has 1 N–H and O–H groups in total. The van der Waals surface area contributed by atoms with E-state index >= 15 is 0 Å². The summed E-state index contributed by atoms with van der Waals surface area (Å²) in [5, 5.41) is 12.2. The third-order valence-electron chi connectivity index (χ3n) is 3.91. The molecule has 18 heavy (non-hydrogen) atoms. The predicted molar refractivity (Wildman–Crippen MR) is 66.7 cm³/mol. The van der Waals surface area contributed by atoms with Crippen LogP contribution in [0.25, 0.3) is 0 Å². The summed E-state index contributed by atoms with van der Waals surface area (Å²) in [5.41, 5.74) is 0. The van der Waals surface area contributed by atoms with Crippen LogP contribution in [0.1, 0.15) is 26.2 Å².